The summed E-state index contributed by atoms with van der Waals surface area (Å²) in [4.78, 5) is 9.53. The molecule has 5 aliphatic rings. The second kappa shape index (κ2) is 12.5. The first-order valence-electron chi connectivity index (χ1n) is 15.5. The molecular weight excluding hydrogens is 463 g/mol. The zero-order chi connectivity index (χ0) is 25.9. The Balaban J connectivity index is 0.000000543. The molecule has 5 heteroatoms. The number of rotatable bonds is 7. The maximum Gasteiger partial charge on any atom is 0.250 e. The first-order chi connectivity index (χ1) is 17.1. The molecule has 208 valence electrons. The minimum absolute atomic E-state index is 0.119. The van der Waals surface area contributed by atoms with Crippen LogP contribution >= 0.6 is 8.53 Å². The molecule has 9 atom stereocenters. The molecule has 1 unspecified atom stereocenters. The van der Waals surface area contributed by atoms with Gasteiger partial charge in [-0.3, -0.25) is 5.50 Å². The topological polar surface area (TPSA) is 67.5 Å². The molecule has 0 aromatic heterocycles. The Morgan fingerprint density at radius 1 is 1.06 bits per heavy atom. The van der Waals surface area contributed by atoms with Gasteiger partial charge in [-0.15, -0.1) is 0 Å². The van der Waals surface area contributed by atoms with Gasteiger partial charge >= 0.3 is 0 Å². The molecule has 1 saturated heterocycles. The second-order valence-electron chi connectivity index (χ2n) is 14.0. The lowest BCUT2D eigenvalue weighted by Crippen LogP contribution is -2.51. The fourth-order valence-corrected chi connectivity index (χ4v) is 10.0. The van der Waals surface area contributed by atoms with Crippen molar-refractivity contribution in [3.8, 4) is 0 Å². The molecule has 4 fully saturated rings. The first-order valence-corrected chi connectivity index (χ1v) is 16.7. The molecular formula is C31H57N2O2P. The molecule has 5 rings (SSSR count). The summed E-state index contributed by atoms with van der Waals surface area (Å²) in [5, 5.41) is 3.22. The van der Waals surface area contributed by atoms with Gasteiger partial charge in [0.25, 0.3) is 0 Å². The van der Waals surface area contributed by atoms with E-state index in [1.54, 1.807) is 5.57 Å². The van der Waals surface area contributed by atoms with E-state index < -0.39 is 8.53 Å². The highest BCUT2D eigenvalue weighted by Gasteiger charge is 2.59. The van der Waals surface area contributed by atoms with Crippen molar-refractivity contribution in [3.05, 3.63) is 11.6 Å². The third-order valence-electron chi connectivity index (χ3n) is 11.5. The summed E-state index contributed by atoms with van der Waals surface area (Å²) in [6, 6.07) is 0. The van der Waals surface area contributed by atoms with Crippen molar-refractivity contribution >= 4 is 8.53 Å². The fourth-order valence-electron chi connectivity index (χ4n) is 9.52. The molecule has 3 saturated carbocycles. The monoisotopic (exact) mass is 520 g/mol. The van der Waals surface area contributed by atoms with Gasteiger partial charge < -0.3 is 14.7 Å². The SMILES string of the molecule is C1CCNC1.CC(C)CCC[C@@H](C)[C@H]1CC[C@H]2[C@@H]3CC=C4C[C@@H](OP(N)O)CC[C@]4(C)[C@H]3CC[C@]12C. The molecule has 1 aliphatic heterocycles. The van der Waals surface area contributed by atoms with Gasteiger partial charge in [-0.2, -0.15) is 0 Å². The highest BCUT2D eigenvalue weighted by Crippen LogP contribution is 2.67. The molecule has 1 heterocycles. The van der Waals surface area contributed by atoms with Crippen LogP contribution in [-0.2, 0) is 4.52 Å². The first kappa shape index (κ1) is 29.0. The average molecular weight is 521 g/mol. The molecule has 4 aliphatic carbocycles. The van der Waals surface area contributed by atoms with Crippen LogP contribution in [0.15, 0.2) is 11.6 Å². The molecule has 0 aromatic rings. The number of allylic oxidation sites excluding steroid dienone is 1. The lowest BCUT2D eigenvalue weighted by molar-refractivity contribution is -0.0558. The summed E-state index contributed by atoms with van der Waals surface area (Å²) in [5.41, 5.74) is 8.08. The van der Waals surface area contributed by atoms with Gasteiger partial charge in [0.05, 0.1) is 6.10 Å². The standard InChI is InChI=1S/C27H48NO2P.C4H9N/c1-18(2)7-6-8-19(3)23-11-12-24-22-10-9-20-17-21(30-31(28)29)13-15-26(20,4)25(22)14-16-27(23,24)5;1-2-4-5-3-1/h9,18-19,21-25,29H,6-8,10-17,28H2,1-5H3;5H,1-4H2/t19-,21+,22+,23-,24+,25+,26+,27-,31?;/m1./s1. The minimum Gasteiger partial charge on any atom is -0.338 e. The summed E-state index contributed by atoms with van der Waals surface area (Å²) >= 11 is 0. The Hall–Kier alpha value is 0.01000. The van der Waals surface area contributed by atoms with Crippen molar-refractivity contribution in [2.45, 2.75) is 124 Å². The Bertz CT molecular complexity index is 730. The molecule has 0 aromatic carbocycles. The molecule has 0 spiro atoms. The summed E-state index contributed by atoms with van der Waals surface area (Å²) in [7, 11) is -1.74. The normalized spacial score (nSPS) is 41.4. The van der Waals surface area contributed by atoms with Gasteiger partial charge in [-0.1, -0.05) is 65.5 Å². The van der Waals surface area contributed by atoms with E-state index in [1.165, 1.54) is 83.7 Å². The Kier molecular flexibility index (Phi) is 10.0. The second-order valence-corrected chi connectivity index (χ2v) is 14.8. The zero-order valence-electron chi connectivity index (χ0n) is 24.1. The van der Waals surface area contributed by atoms with Crippen LogP contribution in [0.25, 0.3) is 0 Å². The number of hydrogen-bond acceptors (Lipinski definition) is 4. The summed E-state index contributed by atoms with van der Waals surface area (Å²) in [5.74, 6) is 5.29. The fraction of sp³-hybridized carbons (Fsp3) is 0.935. The van der Waals surface area contributed by atoms with Crippen molar-refractivity contribution in [3.63, 3.8) is 0 Å². The molecule has 4 N–H and O–H groups in total. The van der Waals surface area contributed by atoms with E-state index in [4.69, 9.17) is 10.0 Å². The van der Waals surface area contributed by atoms with Crippen LogP contribution in [0.4, 0.5) is 0 Å². The van der Waals surface area contributed by atoms with E-state index in [0.717, 1.165) is 48.3 Å². The van der Waals surface area contributed by atoms with E-state index >= 15 is 0 Å². The zero-order valence-corrected chi connectivity index (χ0v) is 25.0. The minimum atomic E-state index is -1.74. The highest BCUT2D eigenvalue weighted by molar-refractivity contribution is 7.43. The van der Waals surface area contributed by atoms with Gasteiger partial charge in [-0.25, -0.2) is 0 Å². The number of fused-ring (bicyclic) bond motifs is 5. The smallest absolute Gasteiger partial charge is 0.250 e. The number of nitrogens with one attached hydrogen (secondary N) is 1. The summed E-state index contributed by atoms with van der Waals surface area (Å²) < 4.78 is 5.65. The number of hydrogen-bond donors (Lipinski definition) is 3. The maximum absolute atomic E-state index is 9.53. The summed E-state index contributed by atoms with van der Waals surface area (Å²) in [6.45, 7) is 15.0. The summed E-state index contributed by atoms with van der Waals surface area (Å²) in [6.07, 6.45) is 20.0. The molecule has 0 amide bonds. The van der Waals surface area contributed by atoms with Crippen LogP contribution in [0.2, 0.25) is 0 Å². The van der Waals surface area contributed by atoms with Crippen LogP contribution in [0.1, 0.15) is 118 Å². The molecule has 36 heavy (non-hydrogen) atoms. The lowest BCUT2D eigenvalue weighted by Gasteiger charge is -2.58. The van der Waals surface area contributed by atoms with Gasteiger partial charge in [-0.05, 0) is 124 Å². The average Bonchev–Trinajstić information content (AvgIpc) is 3.50. The van der Waals surface area contributed by atoms with Crippen molar-refractivity contribution in [1.29, 1.82) is 0 Å². The van der Waals surface area contributed by atoms with Crippen LogP contribution < -0.4 is 10.8 Å². The van der Waals surface area contributed by atoms with Crippen molar-refractivity contribution < 1.29 is 9.42 Å². The molecule has 0 radical (unpaired) electrons. The van der Waals surface area contributed by atoms with E-state index in [-0.39, 0.29) is 6.10 Å². The van der Waals surface area contributed by atoms with Crippen LogP contribution in [0.3, 0.4) is 0 Å². The number of nitrogens with two attached hydrogens (primary N) is 1. The van der Waals surface area contributed by atoms with Crippen LogP contribution in [0, 0.1) is 46.3 Å². The van der Waals surface area contributed by atoms with E-state index in [9.17, 15) is 4.89 Å². The Morgan fingerprint density at radius 3 is 2.44 bits per heavy atom. The van der Waals surface area contributed by atoms with E-state index in [0.29, 0.717) is 10.8 Å². The molecule has 4 nitrogen and oxygen atoms in total. The van der Waals surface area contributed by atoms with Crippen LogP contribution in [-0.4, -0.2) is 24.1 Å². The third-order valence-corrected chi connectivity index (χ3v) is 12.0. The van der Waals surface area contributed by atoms with E-state index in [1.807, 2.05) is 0 Å². The van der Waals surface area contributed by atoms with Gasteiger partial charge in [0, 0.05) is 0 Å². The maximum atomic E-state index is 9.53. The van der Waals surface area contributed by atoms with Gasteiger partial charge in [0.15, 0.2) is 0 Å². The Morgan fingerprint density at radius 2 is 1.81 bits per heavy atom. The Labute approximate surface area is 224 Å². The van der Waals surface area contributed by atoms with Gasteiger partial charge in [0.2, 0.25) is 8.53 Å². The van der Waals surface area contributed by atoms with Gasteiger partial charge in [0.1, 0.15) is 0 Å². The van der Waals surface area contributed by atoms with E-state index in [2.05, 4.69) is 46.0 Å². The van der Waals surface area contributed by atoms with Crippen molar-refractivity contribution in [1.82, 2.24) is 5.32 Å². The lowest BCUT2D eigenvalue weighted by atomic mass is 9.47. The highest BCUT2D eigenvalue weighted by atomic mass is 31.2. The predicted molar refractivity (Wildman–Crippen MR) is 153 cm³/mol. The van der Waals surface area contributed by atoms with Crippen molar-refractivity contribution in [2.75, 3.05) is 13.1 Å². The van der Waals surface area contributed by atoms with Crippen molar-refractivity contribution in [2.24, 2.45) is 51.8 Å². The largest absolute Gasteiger partial charge is 0.338 e. The molecule has 0 bridgehead atoms. The quantitative estimate of drug-likeness (QED) is 0.235. The van der Waals surface area contributed by atoms with Crippen LogP contribution in [0.5, 0.6) is 0 Å². The predicted octanol–water partition coefficient (Wildman–Crippen LogP) is 7.96. The third kappa shape index (κ3) is 6.25.